The molecule has 2 aromatic carbocycles. The van der Waals surface area contributed by atoms with Gasteiger partial charge in [0, 0.05) is 11.8 Å². The van der Waals surface area contributed by atoms with Gasteiger partial charge in [0.05, 0.1) is 9.62 Å². The first-order valence-corrected chi connectivity index (χ1v) is 7.39. The van der Waals surface area contributed by atoms with Crippen LogP contribution in [0.15, 0.2) is 42.5 Å². The first-order chi connectivity index (χ1) is 10.2. The fourth-order valence-electron chi connectivity index (χ4n) is 2.11. The average Bonchev–Trinajstić information content (AvgIpc) is 2.89. The molecule has 0 unspecified atom stereocenters. The summed E-state index contributed by atoms with van der Waals surface area (Å²) in [6.07, 6.45) is 0.760. The van der Waals surface area contributed by atoms with E-state index >= 15 is 0 Å². The Kier molecular flexibility index (Phi) is 3.53. The van der Waals surface area contributed by atoms with E-state index in [0.717, 1.165) is 22.4 Å². The number of aryl methyl sites for hydroxylation is 1. The zero-order valence-corrected chi connectivity index (χ0v) is 12.2. The number of nitrogens with one attached hydrogen (secondary N) is 1. The van der Waals surface area contributed by atoms with Crippen LogP contribution in [0.4, 0.5) is 16.5 Å². The van der Waals surface area contributed by atoms with Crippen molar-refractivity contribution in [2.45, 2.75) is 13.3 Å². The summed E-state index contributed by atoms with van der Waals surface area (Å²) in [7, 11) is 0. The molecule has 0 amide bonds. The first-order valence-electron chi connectivity index (χ1n) is 6.57. The highest BCUT2D eigenvalue weighted by Gasteiger charge is 2.18. The fourth-order valence-corrected chi connectivity index (χ4v) is 3.08. The van der Waals surface area contributed by atoms with E-state index in [-0.39, 0.29) is 10.6 Å². The van der Waals surface area contributed by atoms with E-state index in [1.165, 1.54) is 11.3 Å². The van der Waals surface area contributed by atoms with E-state index in [4.69, 9.17) is 0 Å². The zero-order valence-electron chi connectivity index (χ0n) is 11.4. The number of thiazole rings is 1. The highest BCUT2D eigenvalue weighted by Crippen LogP contribution is 2.34. The van der Waals surface area contributed by atoms with E-state index < -0.39 is 0 Å². The fraction of sp³-hybridized carbons (Fsp3) is 0.133. The number of nitrogens with zero attached hydrogens (tertiary/aromatic N) is 2. The smallest absolute Gasteiger partial charge is 0.296 e. The molecule has 0 aliphatic carbocycles. The summed E-state index contributed by atoms with van der Waals surface area (Å²) in [5.41, 5.74) is 2.38. The molecule has 1 heterocycles. The summed E-state index contributed by atoms with van der Waals surface area (Å²) in [5.74, 6) is 0. The highest BCUT2D eigenvalue weighted by atomic mass is 32.1. The summed E-state index contributed by atoms with van der Waals surface area (Å²) < 4.78 is 0.833. The number of hydrogen-bond acceptors (Lipinski definition) is 5. The van der Waals surface area contributed by atoms with Crippen LogP contribution in [0.3, 0.4) is 0 Å². The summed E-state index contributed by atoms with van der Waals surface area (Å²) in [4.78, 5) is 15.2. The van der Waals surface area contributed by atoms with Gasteiger partial charge < -0.3 is 5.32 Å². The Morgan fingerprint density at radius 1 is 1.29 bits per heavy atom. The second-order valence-corrected chi connectivity index (χ2v) is 5.61. The van der Waals surface area contributed by atoms with Gasteiger partial charge in [0.1, 0.15) is 0 Å². The zero-order chi connectivity index (χ0) is 14.8. The summed E-state index contributed by atoms with van der Waals surface area (Å²) in [5, 5.41) is 15.0. The molecule has 1 N–H and O–H groups in total. The minimum absolute atomic E-state index is 0.0710. The quantitative estimate of drug-likeness (QED) is 0.568. The lowest BCUT2D eigenvalue weighted by Gasteiger charge is -1.99. The largest absolute Gasteiger partial charge is 0.332 e. The van der Waals surface area contributed by atoms with Gasteiger partial charge in [-0.05, 0) is 30.2 Å². The lowest BCUT2D eigenvalue weighted by molar-refractivity contribution is -0.383. The molecule has 0 bridgehead atoms. The lowest BCUT2D eigenvalue weighted by atomic mass is 10.1. The minimum Gasteiger partial charge on any atom is -0.332 e. The standard InChI is InChI=1S/C15H13N3O2S/c1-2-10-8-12(18(19)20)14-13(9-10)21-15(17-14)16-11-6-4-3-5-7-11/h3-9H,2H2,1H3,(H,16,17). The van der Waals surface area contributed by atoms with Crippen LogP contribution in [-0.2, 0) is 6.42 Å². The number of benzene rings is 2. The van der Waals surface area contributed by atoms with Crippen molar-refractivity contribution in [3.63, 3.8) is 0 Å². The molecule has 0 saturated heterocycles. The molecule has 0 fully saturated rings. The number of aromatic nitrogens is 1. The summed E-state index contributed by atoms with van der Waals surface area (Å²) >= 11 is 1.43. The highest BCUT2D eigenvalue weighted by molar-refractivity contribution is 7.22. The van der Waals surface area contributed by atoms with Gasteiger partial charge in [-0.1, -0.05) is 36.5 Å². The number of rotatable bonds is 4. The van der Waals surface area contributed by atoms with Gasteiger partial charge in [-0.3, -0.25) is 10.1 Å². The van der Waals surface area contributed by atoms with Crippen LogP contribution >= 0.6 is 11.3 Å². The molecule has 6 heteroatoms. The average molecular weight is 299 g/mol. The Morgan fingerprint density at radius 3 is 2.71 bits per heavy atom. The van der Waals surface area contributed by atoms with Gasteiger partial charge in [0.2, 0.25) is 0 Å². The van der Waals surface area contributed by atoms with Gasteiger partial charge >= 0.3 is 0 Å². The maximum absolute atomic E-state index is 11.2. The molecule has 0 saturated carbocycles. The van der Waals surface area contributed by atoms with Crippen LogP contribution in [0.1, 0.15) is 12.5 Å². The van der Waals surface area contributed by atoms with Crippen molar-refractivity contribution in [3.05, 3.63) is 58.1 Å². The van der Waals surface area contributed by atoms with E-state index in [1.807, 2.05) is 43.3 Å². The molecule has 0 atom stereocenters. The maximum Gasteiger partial charge on any atom is 0.296 e. The molecule has 106 valence electrons. The van der Waals surface area contributed by atoms with E-state index in [2.05, 4.69) is 10.3 Å². The van der Waals surface area contributed by atoms with Crippen molar-refractivity contribution >= 4 is 38.1 Å². The molecule has 21 heavy (non-hydrogen) atoms. The molecule has 3 aromatic rings. The van der Waals surface area contributed by atoms with Crippen LogP contribution in [0, 0.1) is 10.1 Å². The molecule has 0 radical (unpaired) electrons. The monoisotopic (exact) mass is 299 g/mol. The normalized spacial score (nSPS) is 10.7. The molecule has 0 aliphatic rings. The first kappa shape index (κ1) is 13.5. The molecule has 5 nitrogen and oxygen atoms in total. The number of para-hydroxylation sites is 1. The van der Waals surface area contributed by atoms with Crippen LogP contribution < -0.4 is 5.32 Å². The second-order valence-electron chi connectivity index (χ2n) is 4.58. The van der Waals surface area contributed by atoms with Gasteiger partial charge in [0.25, 0.3) is 5.69 Å². The number of hydrogen-bond donors (Lipinski definition) is 1. The third-order valence-corrected chi connectivity index (χ3v) is 4.08. The van der Waals surface area contributed by atoms with Crippen molar-refractivity contribution in [1.82, 2.24) is 4.98 Å². The predicted molar refractivity (Wildman–Crippen MR) is 85.4 cm³/mol. The third kappa shape index (κ3) is 2.71. The Morgan fingerprint density at radius 2 is 2.05 bits per heavy atom. The van der Waals surface area contributed by atoms with Crippen molar-refractivity contribution < 1.29 is 4.92 Å². The van der Waals surface area contributed by atoms with Crippen molar-refractivity contribution in [3.8, 4) is 0 Å². The molecule has 1 aromatic heterocycles. The van der Waals surface area contributed by atoms with Crippen LogP contribution in [-0.4, -0.2) is 9.91 Å². The maximum atomic E-state index is 11.2. The Labute approximate surface area is 125 Å². The van der Waals surface area contributed by atoms with E-state index in [1.54, 1.807) is 6.07 Å². The number of nitro groups is 1. The van der Waals surface area contributed by atoms with Crippen molar-refractivity contribution in [2.24, 2.45) is 0 Å². The van der Waals surface area contributed by atoms with Gasteiger partial charge in [0.15, 0.2) is 10.6 Å². The Balaban J connectivity index is 2.07. The number of fused-ring (bicyclic) bond motifs is 1. The van der Waals surface area contributed by atoms with Gasteiger partial charge in [-0.2, -0.15) is 0 Å². The molecule has 0 spiro atoms. The SMILES string of the molecule is CCc1cc([N+](=O)[O-])c2nc(Nc3ccccc3)sc2c1. The van der Waals surface area contributed by atoms with Crippen molar-refractivity contribution in [2.75, 3.05) is 5.32 Å². The number of non-ortho nitro benzene ring substituents is 1. The summed E-state index contributed by atoms with van der Waals surface area (Å²) in [6, 6.07) is 13.2. The predicted octanol–water partition coefficient (Wildman–Crippen LogP) is 4.51. The minimum atomic E-state index is -0.368. The van der Waals surface area contributed by atoms with E-state index in [9.17, 15) is 10.1 Å². The van der Waals surface area contributed by atoms with Gasteiger partial charge in [-0.15, -0.1) is 0 Å². The van der Waals surface area contributed by atoms with Crippen molar-refractivity contribution in [1.29, 1.82) is 0 Å². The Bertz CT molecular complexity index is 799. The molecule has 3 rings (SSSR count). The van der Waals surface area contributed by atoms with E-state index in [0.29, 0.717) is 10.6 Å². The molecule has 0 aliphatic heterocycles. The summed E-state index contributed by atoms with van der Waals surface area (Å²) in [6.45, 7) is 1.98. The molecular formula is C15H13N3O2S. The topological polar surface area (TPSA) is 68.1 Å². The van der Waals surface area contributed by atoms with Crippen LogP contribution in [0.2, 0.25) is 0 Å². The third-order valence-electron chi connectivity index (χ3n) is 3.16. The number of nitro benzene ring substituents is 1. The molecular weight excluding hydrogens is 286 g/mol. The second kappa shape index (κ2) is 5.49. The lowest BCUT2D eigenvalue weighted by Crippen LogP contribution is -1.92. The Hall–Kier alpha value is -2.47. The number of anilines is 2. The van der Waals surface area contributed by atoms with Gasteiger partial charge in [-0.25, -0.2) is 4.98 Å². The van der Waals surface area contributed by atoms with Crippen LogP contribution in [0.5, 0.6) is 0 Å². The van der Waals surface area contributed by atoms with Crippen LogP contribution in [0.25, 0.3) is 10.2 Å².